The first kappa shape index (κ1) is 28.9. The van der Waals surface area contributed by atoms with Gasteiger partial charge in [0.15, 0.2) is 0 Å². The monoisotopic (exact) mass is 574 g/mol. The van der Waals surface area contributed by atoms with Crippen molar-refractivity contribution in [3.63, 3.8) is 0 Å². The molecule has 4 aromatic rings. The maximum Gasteiger partial charge on any atom is 0.270 e. The molecule has 1 aliphatic rings. The Labute approximate surface area is 244 Å². The fraction of sp³-hybridized carbons (Fsp3) is 0.312. The number of nitrogens with zero attached hydrogens (tertiary/aromatic N) is 3. The Morgan fingerprint density at radius 1 is 0.927 bits per heavy atom. The van der Waals surface area contributed by atoms with Gasteiger partial charge in [0.05, 0.1) is 19.8 Å². The SMILES string of the molecule is O=C(NCCN1CCOCC1)c1csc(CN(Cc2ccc(F)cc2)Cc2ccc(OCc3ccccc3)cc2)n1. The fourth-order valence-electron chi connectivity index (χ4n) is 4.63. The first-order valence-electron chi connectivity index (χ1n) is 13.9. The second-order valence-electron chi connectivity index (χ2n) is 10.0. The highest BCUT2D eigenvalue weighted by Gasteiger charge is 2.16. The maximum atomic E-state index is 13.5. The van der Waals surface area contributed by atoms with Crippen molar-refractivity contribution < 1.29 is 18.7 Å². The summed E-state index contributed by atoms with van der Waals surface area (Å²) in [5.41, 5.74) is 3.69. The predicted molar refractivity (Wildman–Crippen MR) is 158 cm³/mol. The molecule has 2 heterocycles. The Balaban J connectivity index is 1.19. The number of aromatic nitrogens is 1. The average molecular weight is 575 g/mol. The highest BCUT2D eigenvalue weighted by atomic mass is 32.1. The second kappa shape index (κ2) is 14.8. The number of thiazole rings is 1. The molecule has 1 aromatic heterocycles. The van der Waals surface area contributed by atoms with E-state index in [1.807, 2.05) is 47.8 Å². The van der Waals surface area contributed by atoms with Crippen LogP contribution in [0.2, 0.25) is 0 Å². The van der Waals surface area contributed by atoms with Crippen molar-refractivity contribution >= 4 is 17.2 Å². The van der Waals surface area contributed by atoms with Crippen LogP contribution in [-0.4, -0.2) is 60.1 Å². The number of nitrogens with one attached hydrogen (secondary N) is 1. The number of hydrogen-bond donors (Lipinski definition) is 1. The van der Waals surface area contributed by atoms with Crippen LogP contribution in [-0.2, 0) is 31.0 Å². The molecule has 41 heavy (non-hydrogen) atoms. The van der Waals surface area contributed by atoms with E-state index in [1.165, 1.54) is 23.5 Å². The fourth-order valence-corrected chi connectivity index (χ4v) is 5.44. The molecule has 1 aliphatic heterocycles. The van der Waals surface area contributed by atoms with E-state index in [-0.39, 0.29) is 11.7 Å². The molecule has 0 radical (unpaired) electrons. The molecule has 9 heteroatoms. The van der Waals surface area contributed by atoms with E-state index in [4.69, 9.17) is 9.47 Å². The average Bonchev–Trinajstić information content (AvgIpc) is 3.47. The number of halogens is 1. The van der Waals surface area contributed by atoms with E-state index in [0.717, 1.165) is 60.3 Å². The minimum atomic E-state index is -0.254. The maximum absolute atomic E-state index is 13.5. The number of rotatable bonds is 13. The molecule has 0 aliphatic carbocycles. The minimum absolute atomic E-state index is 0.156. The zero-order valence-electron chi connectivity index (χ0n) is 23.0. The molecule has 0 atom stereocenters. The lowest BCUT2D eigenvalue weighted by molar-refractivity contribution is 0.0383. The lowest BCUT2D eigenvalue weighted by Crippen LogP contribution is -2.41. The predicted octanol–water partition coefficient (Wildman–Crippen LogP) is 5.13. The molecule has 0 bridgehead atoms. The van der Waals surface area contributed by atoms with Crippen molar-refractivity contribution in [3.05, 3.63) is 117 Å². The number of morpholine rings is 1. The molecule has 0 unspecified atom stereocenters. The van der Waals surface area contributed by atoms with Crippen LogP contribution in [0.1, 0.15) is 32.2 Å². The Bertz CT molecular complexity index is 1360. The minimum Gasteiger partial charge on any atom is -0.489 e. The summed E-state index contributed by atoms with van der Waals surface area (Å²) >= 11 is 1.48. The van der Waals surface area contributed by atoms with Gasteiger partial charge in [-0.25, -0.2) is 9.37 Å². The summed E-state index contributed by atoms with van der Waals surface area (Å²) in [6, 6.07) is 24.7. The van der Waals surface area contributed by atoms with Crippen molar-refractivity contribution in [2.75, 3.05) is 39.4 Å². The third-order valence-corrected chi connectivity index (χ3v) is 7.69. The van der Waals surface area contributed by atoms with Crippen LogP contribution in [0.4, 0.5) is 4.39 Å². The lowest BCUT2D eigenvalue weighted by Gasteiger charge is -2.26. The molecule has 0 spiro atoms. The van der Waals surface area contributed by atoms with Crippen molar-refractivity contribution in [3.8, 4) is 5.75 Å². The van der Waals surface area contributed by atoms with Crippen molar-refractivity contribution in [1.29, 1.82) is 0 Å². The Kier molecular flexibility index (Phi) is 10.5. The first-order chi connectivity index (χ1) is 20.1. The largest absolute Gasteiger partial charge is 0.489 e. The second-order valence-corrected chi connectivity index (χ2v) is 11.0. The molecule has 1 N–H and O–H groups in total. The summed E-state index contributed by atoms with van der Waals surface area (Å²) in [7, 11) is 0. The summed E-state index contributed by atoms with van der Waals surface area (Å²) < 4.78 is 24.8. The zero-order chi connectivity index (χ0) is 28.3. The van der Waals surface area contributed by atoms with Gasteiger partial charge >= 0.3 is 0 Å². The smallest absolute Gasteiger partial charge is 0.270 e. The zero-order valence-corrected chi connectivity index (χ0v) is 23.8. The Morgan fingerprint density at radius 3 is 2.32 bits per heavy atom. The number of ether oxygens (including phenoxy) is 2. The van der Waals surface area contributed by atoms with E-state index >= 15 is 0 Å². The van der Waals surface area contributed by atoms with Gasteiger partial charge in [0.2, 0.25) is 0 Å². The van der Waals surface area contributed by atoms with E-state index in [2.05, 4.69) is 32.2 Å². The van der Waals surface area contributed by atoms with Crippen molar-refractivity contribution in [1.82, 2.24) is 20.1 Å². The normalized spacial score (nSPS) is 13.8. The third kappa shape index (κ3) is 9.19. The van der Waals surface area contributed by atoms with Crippen LogP contribution in [0.15, 0.2) is 84.2 Å². The van der Waals surface area contributed by atoms with Gasteiger partial charge in [-0.05, 0) is 41.0 Å². The molecule has 1 fully saturated rings. The molecule has 214 valence electrons. The van der Waals surface area contributed by atoms with E-state index < -0.39 is 0 Å². The topological polar surface area (TPSA) is 66.9 Å². The molecule has 1 saturated heterocycles. The third-order valence-electron chi connectivity index (χ3n) is 6.86. The van der Waals surface area contributed by atoms with Gasteiger partial charge in [-0.3, -0.25) is 14.6 Å². The summed E-state index contributed by atoms with van der Waals surface area (Å²) in [5, 5.41) is 5.65. The highest BCUT2D eigenvalue weighted by Crippen LogP contribution is 2.20. The molecule has 1 amide bonds. The van der Waals surface area contributed by atoms with Crippen molar-refractivity contribution in [2.24, 2.45) is 0 Å². The molecule has 7 nitrogen and oxygen atoms in total. The van der Waals surface area contributed by atoms with Gasteiger partial charge < -0.3 is 14.8 Å². The van der Waals surface area contributed by atoms with Gasteiger partial charge in [-0.1, -0.05) is 54.6 Å². The molecule has 0 saturated carbocycles. The van der Waals surface area contributed by atoms with Crippen LogP contribution in [0.3, 0.4) is 0 Å². The van der Waals surface area contributed by atoms with Gasteiger partial charge in [-0.15, -0.1) is 11.3 Å². The first-order valence-corrected chi connectivity index (χ1v) is 14.7. The Morgan fingerprint density at radius 2 is 1.61 bits per heavy atom. The van der Waals surface area contributed by atoms with Crippen molar-refractivity contribution in [2.45, 2.75) is 26.2 Å². The van der Waals surface area contributed by atoms with Gasteiger partial charge in [0.25, 0.3) is 5.91 Å². The summed E-state index contributed by atoms with van der Waals surface area (Å²) in [4.78, 5) is 21.9. The van der Waals surface area contributed by atoms with E-state index in [9.17, 15) is 9.18 Å². The lowest BCUT2D eigenvalue weighted by atomic mass is 10.1. The summed E-state index contributed by atoms with van der Waals surface area (Å²) in [6.07, 6.45) is 0. The van der Waals surface area contributed by atoms with Crippen LogP contribution in [0.25, 0.3) is 0 Å². The number of amides is 1. The summed E-state index contributed by atoms with van der Waals surface area (Å²) in [6.45, 7) is 7.01. The number of hydrogen-bond acceptors (Lipinski definition) is 7. The Hall–Kier alpha value is -3.63. The van der Waals surface area contributed by atoms with Gasteiger partial charge in [-0.2, -0.15) is 0 Å². The standard InChI is InChI=1S/C32H35FN4O3S/c33-28-10-6-25(7-11-28)20-37(21-26-8-12-29(13-9-26)40-23-27-4-2-1-3-5-27)22-31-35-30(24-41-31)32(38)34-14-15-36-16-18-39-19-17-36/h1-13,24H,14-23H2,(H,34,38). The van der Waals surface area contributed by atoms with Crippen LogP contribution in [0.5, 0.6) is 5.75 Å². The van der Waals surface area contributed by atoms with Gasteiger partial charge in [0.1, 0.15) is 28.9 Å². The highest BCUT2D eigenvalue weighted by molar-refractivity contribution is 7.09. The summed E-state index contributed by atoms with van der Waals surface area (Å²) in [5.74, 6) is 0.402. The molecule has 5 rings (SSSR count). The van der Waals surface area contributed by atoms with E-state index in [0.29, 0.717) is 38.5 Å². The van der Waals surface area contributed by atoms with E-state index in [1.54, 1.807) is 12.1 Å². The van der Waals surface area contributed by atoms with Crippen LogP contribution in [0, 0.1) is 5.82 Å². The quantitative estimate of drug-likeness (QED) is 0.239. The number of carbonyl (C=O) groups is 1. The molecular weight excluding hydrogens is 539 g/mol. The number of carbonyl (C=O) groups excluding carboxylic acids is 1. The van der Waals surface area contributed by atoms with Crippen LogP contribution >= 0.6 is 11.3 Å². The molecular formula is C32H35FN4O3S. The molecule has 3 aromatic carbocycles. The number of benzene rings is 3. The van der Waals surface area contributed by atoms with Gasteiger partial charge in [0, 0.05) is 44.6 Å². The van der Waals surface area contributed by atoms with Crippen LogP contribution < -0.4 is 10.1 Å².